The molecule has 39 heavy (non-hydrogen) atoms. The molecule has 3 amide bonds. The Bertz CT molecular complexity index is 1230. The standard InChI is InChI=1S/C32H35N3O4/c36-30(35-20-10-11-21-35)19-18-28(22-25-12-4-1-5-13-25)33-31(37)29(23-26-14-6-2-7-15-26)34-32(38)39-24-27-16-8-3-9-17-27/h1-9,12-19,28-29H,10-11,20-24H2,(H,33,37)(H,34,38)/b19-18+/t28-,29+/m1/s1. The highest BCUT2D eigenvalue weighted by atomic mass is 16.5. The van der Waals surface area contributed by atoms with E-state index in [0.717, 1.165) is 42.6 Å². The zero-order valence-electron chi connectivity index (χ0n) is 22.0. The molecule has 0 radical (unpaired) electrons. The highest BCUT2D eigenvalue weighted by Crippen LogP contribution is 2.11. The normalized spacial score (nSPS) is 14.5. The summed E-state index contributed by atoms with van der Waals surface area (Å²) in [5.41, 5.74) is 2.78. The van der Waals surface area contributed by atoms with Crippen molar-refractivity contribution < 1.29 is 19.1 Å². The summed E-state index contributed by atoms with van der Waals surface area (Å²) in [5, 5.41) is 5.79. The monoisotopic (exact) mass is 525 g/mol. The van der Waals surface area contributed by atoms with Crippen molar-refractivity contribution in [1.82, 2.24) is 15.5 Å². The Morgan fingerprint density at radius 1 is 0.744 bits per heavy atom. The van der Waals surface area contributed by atoms with Crippen molar-refractivity contribution in [3.8, 4) is 0 Å². The first kappa shape index (κ1) is 27.6. The number of nitrogens with one attached hydrogen (secondary N) is 2. The fourth-order valence-corrected chi connectivity index (χ4v) is 4.53. The van der Waals surface area contributed by atoms with Gasteiger partial charge in [0.2, 0.25) is 11.8 Å². The van der Waals surface area contributed by atoms with Crippen molar-refractivity contribution in [3.05, 3.63) is 120 Å². The highest BCUT2D eigenvalue weighted by molar-refractivity contribution is 5.89. The maximum Gasteiger partial charge on any atom is 0.408 e. The van der Waals surface area contributed by atoms with E-state index in [0.29, 0.717) is 12.8 Å². The molecule has 202 valence electrons. The van der Waals surface area contributed by atoms with Crippen LogP contribution in [0.3, 0.4) is 0 Å². The topological polar surface area (TPSA) is 87.7 Å². The van der Waals surface area contributed by atoms with E-state index in [2.05, 4.69) is 10.6 Å². The number of hydrogen-bond acceptors (Lipinski definition) is 4. The molecule has 0 aliphatic carbocycles. The lowest BCUT2D eigenvalue weighted by molar-refractivity contribution is -0.125. The number of alkyl carbamates (subject to hydrolysis) is 1. The third-order valence-electron chi connectivity index (χ3n) is 6.62. The van der Waals surface area contributed by atoms with Crippen LogP contribution in [0.2, 0.25) is 0 Å². The number of ether oxygens (including phenoxy) is 1. The minimum atomic E-state index is -0.864. The van der Waals surface area contributed by atoms with Gasteiger partial charge in [-0.1, -0.05) is 97.1 Å². The van der Waals surface area contributed by atoms with E-state index >= 15 is 0 Å². The predicted molar refractivity (Wildman–Crippen MR) is 151 cm³/mol. The van der Waals surface area contributed by atoms with Gasteiger partial charge < -0.3 is 20.3 Å². The van der Waals surface area contributed by atoms with Crippen molar-refractivity contribution in [1.29, 1.82) is 0 Å². The van der Waals surface area contributed by atoms with E-state index in [-0.39, 0.29) is 18.4 Å². The highest BCUT2D eigenvalue weighted by Gasteiger charge is 2.24. The van der Waals surface area contributed by atoms with Crippen LogP contribution < -0.4 is 10.6 Å². The van der Waals surface area contributed by atoms with Gasteiger partial charge in [0.25, 0.3) is 0 Å². The van der Waals surface area contributed by atoms with Crippen LogP contribution in [0.15, 0.2) is 103 Å². The molecule has 2 N–H and O–H groups in total. The second kappa shape index (κ2) is 14.5. The van der Waals surface area contributed by atoms with Crippen LogP contribution in [0, 0.1) is 0 Å². The van der Waals surface area contributed by atoms with Gasteiger partial charge in [-0.2, -0.15) is 0 Å². The van der Waals surface area contributed by atoms with Gasteiger partial charge in [0.15, 0.2) is 0 Å². The Kier molecular flexibility index (Phi) is 10.3. The Balaban J connectivity index is 1.46. The Hall–Kier alpha value is -4.39. The van der Waals surface area contributed by atoms with E-state index in [9.17, 15) is 14.4 Å². The van der Waals surface area contributed by atoms with Crippen LogP contribution in [0.25, 0.3) is 0 Å². The average Bonchev–Trinajstić information content (AvgIpc) is 3.51. The molecule has 0 bridgehead atoms. The van der Waals surface area contributed by atoms with E-state index in [1.165, 1.54) is 0 Å². The SMILES string of the molecule is O=C(N[C@@H](Cc1ccccc1)C(=O)N[C@H](/C=C/C(=O)N1CCCC1)Cc1ccccc1)OCc1ccccc1. The van der Waals surface area contributed by atoms with E-state index in [1.54, 1.807) is 12.2 Å². The number of carbonyl (C=O) groups excluding carboxylic acids is 3. The summed E-state index contributed by atoms with van der Waals surface area (Å²) in [7, 11) is 0. The number of amides is 3. The number of nitrogens with zero attached hydrogens (tertiary/aromatic N) is 1. The molecule has 2 atom stereocenters. The summed E-state index contributed by atoms with van der Waals surface area (Å²) in [6.45, 7) is 1.62. The van der Waals surface area contributed by atoms with E-state index in [4.69, 9.17) is 4.74 Å². The van der Waals surface area contributed by atoms with Crippen LogP contribution in [0.5, 0.6) is 0 Å². The van der Waals surface area contributed by atoms with Gasteiger partial charge in [-0.05, 0) is 36.0 Å². The van der Waals surface area contributed by atoms with Gasteiger partial charge >= 0.3 is 6.09 Å². The molecule has 4 rings (SSSR count). The zero-order valence-corrected chi connectivity index (χ0v) is 22.0. The van der Waals surface area contributed by atoms with Crippen molar-refractivity contribution in [2.45, 2.75) is 44.4 Å². The first-order valence-electron chi connectivity index (χ1n) is 13.4. The smallest absolute Gasteiger partial charge is 0.408 e. The maximum atomic E-state index is 13.5. The predicted octanol–water partition coefficient (Wildman–Crippen LogP) is 4.43. The fraction of sp³-hybridized carbons (Fsp3) is 0.281. The molecule has 7 nitrogen and oxygen atoms in total. The third-order valence-corrected chi connectivity index (χ3v) is 6.62. The molecule has 1 saturated heterocycles. The molecule has 3 aromatic carbocycles. The van der Waals surface area contributed by atoms with Crippen LogP contribution in [-0.4, -0.2) is 48.0 Å². The molecular weight excluding hydrogens is 490 g/mol. The summed E-state index contributed by atoms with van der Waals surface area (Å²) in [6, 6.07) is 27.4. The molecule has 7 heteroatoms. The number of carbonyl (C=O) groups is 3. The average molecular weight is 526 g/mol. The molecular formula is C32H35N3O4. The maximum absolute atomic E-state index is 13.5. The van der Waals surface area contributed by atoms with Crippen molar-refractivity contribution in [2.24, 2.45) is 0 Å². The minimum absolute atomic E-state index is 0.0525. The summed E-state index contributed by atoms with van der Waals surface area (Å²) >= 11 is 0. The summed E-state index contributed by atoms with van der Waals surface area (Å²) in [6.07, 6.45) is 5.45. The molecule has 1 fully saturated rings. The van der Waals surface area contributed by atoms with Crippen LogP contribution in [-0.2, 0) is 33.8 Å². The summed E-state index contributed by atoms with van der Waals surface area (Å²) in [5.74, 6) is -0.405. The molecule has 0 spiro atoms. The zero-order chi connectivity index (χ0) is 27.3. The lowest BCUT2D eigenvalue weighted by Crippen LogP contribution is -2.51. The molecule has 1 aliphatic rings. The number of benzene rings is 3. The van der Waals surface area contributed by atoms with E-state index in [1.807, 2.05) is 95.9 Å². The first-order chi connectivity index (χ1) is 19.1. The Labute approximate surface area is 229 Å². The summed E-state index contributed by atoms with van der Waals surface area (Å²) < 4.78 is 5.39. The van der Waals surface area contributed by atoms with Crippen LogP contribution in [0.4, 0.5) is 4.79 Å². The third kappa shape index (κ3) is 9.14. The Morgan fingerprint density at radius 3 is 1.87 bits per heavy atom. The van der Waals surface area contributed by atoms with Gasteiger partial charge in [-0.25, -0.2) is 4.79 Å². The fourth-order valence-electron chi connectivity index (χ4n) is 4.53. The lowest BCUT2D eigenvalue weighted by Gasteiger charge is -2.22. The summed E-state index contributed by atoms with van der Waals surface area (Å²) in [4.78, 5) is 40.7. The molecule has 1 aliphatic heterocycles. The largest absolute Gasteiger partial charge is 0.445 e. The molecule has 1 heterocycles. The molecule has 0 saturated carbocycles. The van der Waals surface area contributed by atoms with Crippen LogP contribution in [0.1, 0.15) is 29.5 Å². The molecule has 0 aromatic heterocycles. The van der Waals surface area contributed by atoms with Gasteiger partial charge in [0.1, 0.15) is 12.6 Å². The van der Waals surface area contributed by atoms with Crippen molar-refractivity contribution >= 4 is 17.9 Å². The minimum Gasteiger partial charge on any atom is -0.445 e. The lowest BCUT2D eigenvalue weighted by atomic mass is 10.0. The van der Waals surface area contributed by atoms with Crippen LogP contribution >= 0.6 is 0 Å². The molecule has 3 aromatic rings. The van der Waals surface area contributed by atoms with Crippen molar-refractivity contribution in [2.75, 3.05) is 13.1 Å². The Morgan fingerprint density at radius 2 is 1.28 bits per heavy atom. The quantitative estimate of drug-likeness (QED) is 0.363. The first-order valence-corrected chi connectivity index (χ1v) is 13.4. The number of likely N-dealkylation sites (tertiary alicyclic amines) is 1. The number of rotatable bonds is 11. The molecule has 0 unspecified atom stereocenters. The number of hydrogen-bond donors (Lipinski definition) is 2. The van der Waals surface area contributed by atoms with Gasteiger partial charge in [0, 0.05) is 25.6 Å². The second-order valence-electron chi connectivity index (χ2n) is 9.64. The van der Waals surface area contributed by atoms with Crippen molar-refractivity contribution in [3.63, 3.8) is 0 Å². The second-order valence-corrected chi connectivity index (χ2v) is 9.64. The van der Waals surface area contributed by atoms with Gasteiger partial charge in [-0.15, -0.1) is 0 Å². The van der Waals surface area contributed by atoms with E-state index < -0.39 is 18.2 Å². The van der Waals surface area contributed by atoms with Gasteiger partial charge in [-0.3, -0.25) is 9.59 Å². The van der Waals surface area contributed by atoms with Gasteiger partial charge in [0.05, 0.1) is 6.04 Å².